The Bertz CT molecular complexity index is 2410. The molecule has 0 spiro atoms. The molecule has 0 aliphatic rings. The van der Waals surface area contributed by atoms with Crippen molar-refractivity contribution in [1.82, 2.24) is 0 Å². The monoisotopic (exact) mass is 752 g/mol. The van der Waals surface area contributed by atoms with Crippen molar-refractivity contribution >= 4 is 11.4 Å². The Labute approximate surface area is 329 Å². The summed E-state index contributed by atoms with van der Waals surface area (Å²) in [5, 5.41) is 0. The van der Waals surface area contributed by atoms with Gasteiger partial charge >= 0.3 is 0 Å². The van der Waals surface area contributed by atoms with Crippen molar-refractivity contribution in [3.8, 4) is 80.5 Å². The average Bonchev–Trinajstić information content (AvgIpc) is 3.24. The fourth-order valence-corrected chi connectivity index (χ4v) is 5.64. The summed E-state index contributed by atoms with van der Waals surface area (Å²) in [6.07, 6.45) is 0. The summed E-state index contributed by atoms with van der Waals surface area (Å²) in [7, 11) is 0. The Morgan fingerprint density at radius 2 is 0.368 bits per heavy atom. The first-order valence-electron chi connectivity index (χ1n) is 18.0. The molecule has 9 nitrogen and oxygen atoms in total. The van der Waals surface area contributed by atoms with Gasteiger partial charge < -0.3 is 44.6 Å². The minimum Gasteiger partial charge on any atom is -0.455 e. The van der Waals surface area contributed by atoms with Crippen LogP contribution in [0.3, 0.4) is 0 Å². The van der Waals surface area contributed by atoms with E-state index in [0.29, 0.717) is 91.9 Å². The smallest absolute Gasteiger partial charge is 0.170 e. The van der Waals surface area contributed by atoms with Gasteiger partial charge in [0, 0.05) is 0 Å². The topological polar surface area (TPSA) is 117 Å². The highest BCUT2D eigenvalue weighted by Gasteiger charge is 2.16. The van der Waals surface area contributed by atoms with Crippen LogP contribution in [-0.2, 0) is 0 Å². The minimum absolute atomic E-state index is 0.467. The number of rotatable bonds is 14. The van der Waals surface area contributed by atoms with Crippen LogP contribution >= 0.6 is 0 Å². The van der Waals surface area contributed by atoms with Crippen LogP contribution in [0.1, 0.15) is 0 Å². The van der Waals surface area contributed by atoms with Gasteiger partial charge in [0.15, 0.2) is 46.0 Å². The van der Waals surface area contributed by atoms with Crippen LogP contribution in [0.2, 0.25) is 0 Å². The predicted octanol–water partition coefficient (Wildman–Crippen LogP) is 13.4. The van der Waals surface area contributed by atoms with Gasteiger partial charge in [-0.05, 0) is 121 Å². The third-order valence-electron chi connectivity index (χ3n) is 8.45. The molecule has 0 saturated heterocycles. The maximum Gasteiger partial charge on any atom is 0.170 e. The molecule has 0 amide bonds. The van der Waals surface area contributed by atoms with E-state index in [9.17, 15) is 0 Å². The lowest BCUT2D eigenvalue weighted by Gasteiger charge is -2.17. The van der Waals surface area contributed by atoms with Gasteiger partial charge in [0.05, 0.1) is 11.4 Å². The number of nitrogen functional groups attached to an aromatic ring is 2. The first-order chi connectivity index (χ1) is 28.0. The lowest BCUT2D eigenvalue weighted by Crippen LogP contribution is -1.95. The third kappa shape index (κ3) is 9.02. The number of para-hydroxylation sites is 12. The largest absolute Gasteiger partial charge is 0.455 e. The zero-order valence-electron chi connectivity index (χ0n) is 30.5. The van der Waals surface area contributed by atoms with E-state index >= 15 is 0 Å². The maximum atomic E-state index is 6.46. The molecule has 0 unspecified atom stereocenters. The molecule has 0 atom stereocenters. The van der Waals surface area contributed by atoms with Crippen molar-refractivity contribution in [1.29, 1.82) is 0 Å². The van der Waals surface area contributed by atoms with Gasteiger partial charge in [0.2, 0.25) is 0 Å². The van der Waals surface area contributed by atoms with E-state index in [1.807, 2.05) is 182 Å². The lowest BCUT2D eigenvalue weighted by molar-refractivity contribution is 0.375. The SMILES string of the molecule is Nc1ccccc1Oc1ccc(Oc2ccccc2Oc2ccccc2Oc2ccccc2Oc2ccccc2Oc2ccc(Oc3ccccc3N)cc2)cc1. The molecular formula is C48H36N2O7. The normalized spacial score (nSPS) is 10.6. The summed E-state index contributed by atoms with van der Waals surface area (Å²) >= 11 is 0. The highest BCUT2D eigenvalue weighted by molar-refractivity contribution is 5.56. The van der Waals surface area contributed by atoms with Crippen LogP contribution in [0.15, 0.2) is 194 Å². The summed E-state index contributed by atoms with van der Waals surface area (Å²) in [5.41, 5.74) is 13.2. The van der Waals surface area contributed by atoms with Crippen LogP contribution in [0.5, 0.6) is 80.5 Å². The molecule has 0 aliphatic carbocycles. The van der Waals surface area contributed by atoms with Crippen LogP contribution in [-0.4, -0.2) is 0 Å². The number of benzene rings is 8. The number of ether oxygens (including phenoxy) is 7. The molecule has 280 valence electrons. The molecule has 8 aromatic carbocycles. The van der Waals surface area contributed by atoms with Crippen molar-refractivity contribution in [2.75, 3.05) is 11.5 Å². The molecule has 0 aliphatic heterocycles. The average molecular weight is 753 g/mol. The first-order valence-corrected chi connectivity index (χ1v) is 18.0. The number of hydrogen-bond donors (Lipinski definition) is 2. The summed E-state index contributed by atoms with van der Waals surface area (Å²) in [6.45, 7) is 0. The number of nitrogens with two attached hydrogens (primary N) is 2. The van der Waals surface area contributed by atoms with Crippen molar-refractivity contribution in [3.05, 3.63) is 194 Å². The van der Waals surface area contributed by atoms with Gasteiger partial charge in [-0.2, -0.15) is 0 Å². The van der Waals surface area contributed by atoms with Gasteiger partial charge in [0.25, 0.3) is 0 Å². The zero-order chi connectivity index (χ0) is 38.8. The molecule has 0 heterocycles. The maximum absolute atomic E-state index is 6.46. The van der Waals surface area contributed by atoms with Gasteiger partial charge in [-0.3, -0.25) is 0 Å². The molecule has 0 fully saturated rings. The number of hydrogen-bond acceptors (Lipinski definition) is 9. The Hall–Kier alpha value is -8.04. The fourth-order valence-electron chi connectivity index (χ4n) is 5.64. The quantitative estimate of drug-likeness (QED) is 0.105. The standard InChI is InChI=1S/C48H36N2O7/c49-37-13-1-3-15-39(37)51-33-25-29-35(30-26-33)53-41-17-5-7-19-43(41)55-45-21-9-11-23-47(45)57-48-24-12-10-22-46(48)56-44-20-8-6-18-42(44)54-36-31-27-34(28-32-36)52-40-16-4-2-14-38(40)50/h1-32H,49-50H2. The van der Waals surface area contributed by atoms with Gasteiger partial charge in [-0.25, -0.2) is 0 Å². The molecule has 57 heavy (non-hydrogen) atoms. The van der Waals surface area contributed by atoms with E-state index in [1.165, 1.54) is 0 Å². The molecule has 9 heteroatoms. The molecule has 8 rings (SSSR count). The second-order valence-electron chi connectivity index (χ2n) is 12.5. The van der Waals surface area contributed by atoms with Crippen LogP contribution < -0.4 is 44.6 Å². The van der Waals surface area contributed by atoms with E-state index in [0.717, 1.165) is 0 Å². The summed E-state index contributed by atoms with van der Waals surface area (Å²) in [4.78, 5) is 0. The van der Waals surface area contributed by atoms with E-state index in [2.05, 4.69) is 0 Å². The molecular weight excluding hydrogens is 717 g/mol. The Kier molecular flexibility index (Phi) is 10.7. The molecule has 8 aromatic rings. The van der Waals surface area contributed by atoms with E-state index in [1.54, 1.807) is 12.1 Å². The van der Waals surface area contributed by atoms with Crippen molar-refractivity contribution in [2.24, 2.45) is 0 Å². The van der Waals surface area contributed by atoms with Crippen molar-refractivity contribution in [3.63, 3.8) is 0 Å². The van der Waals surface area contributed by atoms with Crippen molar-refractivity contribution < 1.29 is 33.2 Å². The molecule has 0 saturated carbocycles. The second kappa shape index (κ2) is 17.0. The summed E-state index contributed by atoms with van der Waals surface area (Å²) < 4.78 is 43.7. The predicted molar refractivity (Wildman–Crippen MR) is 221 cm³/mol. The minimum atomic E-state index is 0.467. The zero-order valence-corrected chi connectivity index (χ0v) is 30.5. The van der Waals surface area contributed by atoms with Crippen LogP contribution in [0.4, 0.5) is 11.4 Å². The molecule has 4 N–H and O–H groups in total. The van der Waals surface area contributed by atoms with Crippen molar-refractivity contribution in [2.45, 2.75) is 0 Å². The highest BCUT2D eigenvalue weighted by atomic mass is 16.6. The lowest BCUT2D eigenvalue weighted by atomic mass is 10.2. The summed E-state index contributed by atoms with van der Waals surface area (Å²) in [6, 6.07) is 58.8. The third-order valence-corrected chi connectivity index (χ3v) is 8.45. The van der Waals surface area contributed by atoms with Crippen LogP contribution in [0, 0.1) is 0 Å². The van der Waals surface area contributed by atoms with E-state index in [-0.39, 0.29) is 0 Å². The Morgan fingerprint density at radius 3 is 0.596 bits per heavy atom. The van der Waals surface area contributed by atoms with Crippen LogP contribution in [0.25, 0.3) is 0 Å². The Morgan fingerprint density at radius 1 is 0.193 bits per heavy atom. The molecule has 0 aromatic heterocycles. The first kappa shape index (κ1) is 36.0. The molecule has 0 bridgehead atoms. The number of anilines is 2. The van der Waals surface area contributed by atoms with Gasteiger partial charge in [0.1, 0.15) is 34.5 Å². The fraction of sp³-hybridized carbons (Fsp3) is 0. The van der Waals surface area contributed by atoms with Gasteiger partial charge in [-0.1, -0.05) is 72.8 Å². The highest BCUT2D eigenvalue weighted by Crippen LogP contribution is 2.44. The van der Waals surface area contributed by atoms with E-state index < -0.39 is 0 Å². The molecule has 0 radical (unpaired) electrons. The second-order valence-corrected chi connectivity index (χ2v) is 12.5. The van der Waals surface area contributed by atoms with E-state index in [4.69, 9.17) is 44.6 Å². The Balaban J connectivity index is 0.957. The van der Waals surface area contributed by atoms with Gasteiger partial charge in [-0.15, -0.1) is 0 Å². The summed E-state index contributed by atoms with van der Waals surface area (Å²) in [5.74, 6) is 7.49.